The van der Waals surface area contributed by atoms with E-state index in [1.54, 1.807) is 4.68 Å². The maximum Gasteiger partial charge on any atom is 0.242 e. The molecule has 0 radical (unpaired) electrons. The lowest BCUT2D eigenvalue weighted by Gasteiger charge is -2.39. The van der Waals surface area contributed by atoms with Crippen LogP contribution in [0.25, 0.3) is 0 Å². The Morgan fingerprint density at radius 2 is 1.89 bits per heavy atom. The summed E-state index contributed by atoms with van der Waals surface area (Å²) < 4.78 is 49.5. The van der Waals surface area contributed by atoms with Crippen molar-refractivity contribution in [3.63, 3.8) is 0 Å². The van der Waals surface area contributed by atoms with Crippen molar-refractivity contribution in [2.45, 2.75) is 44.9 Å². The molecule has 3 aromatic rings. The lowest BCUT2D eigenvalue weighted by Crippen LogP contribution is -2.48. The Balaban J connectivity index is 1.24. The summed E-state index contributed by atoms with van der Waals surface area (Å²) in [6.45, 7) is 4.63. The molecule has 2 fully saturated rings. The second kappa shape index (κ2) is 8.78. The smallest absolute Gasteiger partial charge is 0.242 e. The van der Waals surface area contributed by atoms with Crippen LogP contribution < -0.4 is 10.2 Å². The molecule has 1 N–H and O–H groups in total. The molecule has 11 heteroatoms. The molecule has 35 heavy (non-hydrogen) atoms. The van der Waals surface area contributed by atoms with Crippen LogP contribution in [0.4, 0.5) is 24.8 Å². The summed E-state index contributed by atoms with van der Waals surface area (Å²) >= 11 is 0. The lowest BCUT2D eigenvalue weighted by atomic mass is 9.92. The normalized spacial score (nSPS) is 25.9. The molecule has 1 aromatic carbocycles. The molecule has 3 aliphatic rings. The van der Waals surface area contributed by atoms with E-state index in [0.29, 0.717) is 43.2 Å². The number of nitrogens with zero attached hydrogens (tertiary/aromatic N) is 6. The monoisotopic (exact) mass is 485 g/mol. The largest absolute Gasteiger partial charge is 0.369 e. The second-order valence-corrected chi connectivity index (χ2v) is 9.61. The molecule has 1 aliphatic carbocycles. The zero-order chi connectivity index (χ0) is 24.1. The number of ether oxygens (including phenoxy) is 1. The van der Waals surface area contributed by atoms with Crippen molar-refractivity contribution in [1.82, 2.24) is 25.0 Å². The van der Waals surface area contributed by atoms with Crippen molar-refractivity contribution in [2.75, 3.05) is 29.9 Å². The zero-order valence-corrected chi connectivity index (χ0v) is 19.3. The van der Waals surface area contributed by atoms with Crippen molar-refractivity contribution < 1.29 is 17.9 Å². The number of benzene rings is 1. The highest BCUT2D eigenvalue weighted by Gasteiger charge is 2.43. The fraction of sp³-hybridized carbons (Fsp3) is 0.500. The molecule has 6 rings (SSSR count). The summed E-state index contributed by atoms with van der Waals surface area (Å²) in [4.78, 5) is 7.01. The summed E-state index contributed by atoms with van der Waals surface area (Å²) in [5, 5.41) is 16.3. The van der Waals surface area contributed by atoms with Crippen LogP contribution in [-0.4, -0.2) is 50.7 Å². The number of piperidine rings is 1. The molecule has 2 aliphatic heterocycles. The molecule has 2 aromatic heterocycles. The van der Waals surface area contributed by atoms with Crippen molar-refractivity contribution >= 4 is 11.6 Å². The third-order valence-corrected chi connectivity index (χ3v) is 7.34. The van der Waals surface area contributed by atoms with Crippen molar-refractivity contribution in [2.24, 2.45) is 11.8 Å². The summed E-state index contributed by atoms with van der Waals surface area (Å²) in [6, 6.07) is 4.40. The van der Waals surface area contributed by atoms with Gasteiger partial charge >= 0.3 is 0 Å². The van der Waals surface area contributed by atoms with Gasteiger partial charge in [-0.15, -0.1) is 5.10 Å². The maximum absolute atomic E-state index is 14.6. The molecule has 4 atom stereocenters. The molecule has 2 unspecified atom stereocenters. The average molecular weight is 486 g/mol. The highest BCUT2D eigenvalue weighted by atomic mass is 19.2. The summed E-state index contributed by atoms with van der Waals surface area (Å²) in [6.07, 6.45) is 3.72. The number of nitrogens with one attached hydrogen (secondary N) is 1. The molecule has 184 valence electrons. The van der Waals surface area contributed by atoms with Crippen LogP contribution in [0.1, 0.15) is 42.4 Å². The molecule has 2 bridgehead atoms. The fourth-order valence-electron chi connectivity index (χ4n) is 5.69. The van der Waals surface area contributed by atoms with E-state index in [-0.39, 0.29) is 11.6 Å². The SMILES string of the molecule is Cc1cc(N2CC3CC[C@@H](C2)C3Nc2nc3n(n2)CCCO[C@@H]3c2ccc(F)c(F)c2F)cnn1. The Bertz CT molecular complexity index is 1240. The van der Waals surface area contributed by atoms with Gasteiger partial charge in [0, 0.05) is 37.8 Å². The van der Waals surface area contributed by atoms with E-state index in [1.807, 2.05) is 13.1 Å². The number of hydrogen-bond acceptors (Lipinski definition) is 7. The first kappa shape index (κ1) is 22.3. The van der Waals surface area contributed by atoms with Gasteiger partial charge in [0.1, 0.15) is 6.10 Å². The van der Waals surface area contributed by atoms with Gasteiger partial charge in [-0.2, -0.15) is 15.2 Å². The summed E-state index contributed by atoms with van der Waals surface area (Å²) in [5.41, 5.74) is 1.90. The number of hydrogen-bond donors (Lipinski definition) is 1. The minimum Gasteiger partial charge on any atom is -0.369 e. The van der Waals surface area contributed by atoms with Gasteiger partial charge in [-0.25, -0.2) is 17.9 Å². The van der Waals surface area contributed by atoms with Crippen LogP contribution in [0.15, 0.2) is 24.4 Å². The van der Waals surface area contributed by atoms with Gasteiger partial charge in [0.25, 0.3) is 0 Å². The van der Waals surface area contributed by atoms with E-state index >= 15 is 0 Å². The molecule has 1 saturated carbocycles. The first-order chi connectivity index (χ1) is 17.0. The van der Waals surface area contributed by atoms with Crippen molar-refractivity contribution in [1.29, 1.82) is 0 Å². The highest BCUT2D eigenvalue weighted by Crippen LogP contribution is 2.40. The zero-order valence-electron chi connectivity index (χ0n) is 19.3. The summed E-state index contributed by atoms with van der Waals surface area (Å²) in [7, 11) is 0. The van der Waals surface area contributed by atoms with Crippen molar-refractivity contribution in [3.05, 3.63) is 58.9 Å². The van der Waals surface area contributed by atoms with Gasteiger partial charge in [0.15, 0.2) is 23.3 Å². The van der Waals surface area contributed by atoms with E-state index in [0.717, 1.165) is 43.4 Å². The topological polar surface area (TPSA) is 81.0 Å². The molecular weight excluding hydrogens is 459 g/mol. The van der Waals surface area contributed by atoms with Gasteiger partial charge in [-0.1, -0.05) is 0 Å². The Labute approximate surface area is 200 Å². The maximum atomic E-state index is 14.6. The minimum atomic E-state index is -1.51. The van der Waals surface area contributed by atoms with Crippen LogP contribution >= 0.6 is 0 Å². The van der Waals surface area contributed by atoms with Crippen molar-refractivity contribution in [3.8, 4) is 0 Å². The summed E-state index contributed by atoms with van der Waals surface area (Å²) in [5.74, 6) is -2.33. The fourth-order valence-corrected chi connectivity index (χ4v) is 5.69. The number of rotatable bonds is 4. The van der Waals surface area contributed by atoms with E-state index < -0.39 is 23.6 Å². The Kier molecular flexibility index (Phi) is 5.58. The highest BCUT2D eigenvalue weighted by molar-refractivity contribution is 5.46. The van der Waals surface area contributed by atoms with Crippen LogP contribution in [0, 0.1) is 36.2 Å². The number of aryl methyl sites for hydroxylation is 2. The molecule has 0 spiro atoms. The number of anilines is 2. The molecule has 8 nitrogen and oxygen atoms in total. The second-order valence-electron chi connectivity index (χ2n) is 9.61. The molecular formula is C24H26F3N7O. The van der Waals surface area contributed by atoms with Gasteiger partial charge in [-0.3, -0.25) is 0 Å². The number of fused-ring (bicyclic) bond motifs is 3. The molecule has 0 amide bonds. The average Bonchev–Trinajstić information content (AvgIpc) is 3.25. The Hall–Kier alpha value is -3.21. The Morgan fingerprint density at radius 3 is 2.66 bits per heavy atom. The lowest BCUT2D eigenvalue weighted by molar-refractivity contribution is 0.0780. The number of aromatic nitrogens is 5. The molecule has 4 heterocycles. The molecule has 1 saturated heterocycles. The third kappa shape index (κ3) is 4.01. The van der Waals surface area contributed by atoms with Gasteiger partial charge in [0.2, 0.25) is 5.95 Å². The van der Waals surface area contributed by atoms with E-state index in [4.69, 9.17) is 4.74 Å². The standard InChI is InChI=1S/C24H26F3N7O/c1-13-9-16(10-28-31-13)33-11-14-3-4-15(12-33)21(14)29-24-30-23-22(35-8-2-7-34(23)32-24)17-5-6-18(25)20(27)19(17)26/h5-6,9-10,14-15,21-22H,2-4,7-8,11-12H2,1H3,(H,29,32)/t14-,15?,21?,22+/m0/s1. The minimum absolute atomic E-state index is 0.0827. The Morgan fingerprint density at radius 1 is 1.09 bits per heavy atom. The third-order valence-electron chi connectivity index (χ3n) is 7.34. The predicted molar refractivity (Wildman–Crippen MR) is 121 cm³/mol. The van der Waals surface area contributed by atoms with E-state index in [1.165, 1.54) is 6.07 Å². The van der Waals surface area contributed by atoms with Crippen LogP contribution in [-0.2, 0) is 11.3 Å². The van der Waals surface area contributed by atoms with Gasteiger partial charge < -0.3 is 15.0 Å². The van der Waals surface area contributed by atoms with E-state index in [9.17, 15) is 13.2 Å². The van der Waals surface area contributed by atoms with Gasteiger partial charge in [-0.05, 0) is 56.2 Å². The van der Waals surface area contributed by atoms with E-state index in [2.05, 4.69) is 36.6 Å². The van der Waals surface area contributed by atoms with Gasteiger partial charge in [0.05, 0.1) is 17.6 Å². The number of halogens is 3. The van der Waals surface area contributed by atoms with Crippen LogP contribution in [0.3, 0.4) is 0 Å². The first-order valence-electron chi connectivity index (χ1n) is 12.0. The van der Waals surface area contributed by atoms with Crippen LogP contribution in [0.2, 0.25) is 0 Å². The quantitative estimate of drug-likeness (QED) is 0.566. The van der Waals surface area contributed by atoms with Crippen LogP contribution in [0.5, 0.6) is 0 Å². The first-order valence-corrected chi connectivity index (χ1v) is 12.0. The predicted octanol–water partition coefficient (Wildman–Crippen LogP) is 3.63.